The number of anilines is 6. The van der Waals surface area contributed by atoms with Gasteiger partial charge in [0.15, 0.2) is 13.9 Å². The number of fused-ring (bicyclic) bond motifs is 14. The standard InChI is InChI=1S/C63H42N6Si/c1-2-16-46(17-3-1)69-56-24-10-14-28-60(56)70(61-29-15-11-25-57(61)69)58-26-12-6-20-50(58)63(51-21-7-13-27-59(51)70)48-18-4-8-22-54(48)68(55-23-9-5-19-49(55)63)47-32-30-45(31-33-47)62-66-52(43-34-38-64-39-35-43)42-53(67-62)44-36-40-65-41-37-44/h1-42H. The number of pyridine rings is 2. The molecule has 0 unspecified atom stereocenters. The quantitative estimate of drug-likeness (QED) is 0.160. The Bertz CT molecular complexity index is 3600. The van der Waals surface area contributed by atoms with Crippen LogP contribution in [0.1, 0.15) is 22.3 Å². The molecular formula is C63H42N6Si. The van der Waals surface area contributed by atoms with E-state index >= 15 is 0 Å². The number of hydrogen-bond acceptors (Lipinski definition) is 6. The zero-order chi connectivity index (χ0) is 46.2. The number of benzene rings is 8. The van der Waals surface area contributed by atoms with Crippen molar-refractivity contribution in [2.24, 2.45) is 0 Å². The van der Waals surface area contributed by atoms with Crippen LogP contribution in [0, 0.1) is 0 Å². The van der Waals surface area contributed by atoms with Crippen molar-refractivity contribution < 1.29 is 0 Å². The second kappa shape index (κ2) is 15.8. The van der Waals surface area contributed by atoms with E-state index in [9.17, 15) is 0 Å². The van der Waals surface area contributed by atoms with Crippen molar-refractivity contribution in [1.82, 2.24) is 19.9 Å². The van der Waals surface area contributed by atoms with E-state index in [-0.39, 0.29) is 0 Å². The second-order valence-corrected chi connectivity index (χ2v) is 21.8. The number of aromatic nitrogens is 4. The molecule has 328 valence electrons. The Balaban J connectivity index is 0.973. The lowest BCUT2D eigenvalue weighted by Gasteiger charge is -2.55. The highest BCUT2D eigenvalue weighted by atomic mass is 28.3. The molecule has 0 amide bonds. The molecule has 0 saturated carbocycles. The third-order valence-electron chi connectivity index (χ3n) is 14.7. The average Bonchev–Trinajstić information content (AvgIpc) is 3.45. The number of para-hydroxylation sites is 5. The maximum atomic E-state index is 5.13. The fraction of sp³-hybridized carbons (Fsp3) is 0.0159. The van der Waals surface area contributed by atoms with Crippen molar-refractivity contribution in [2.75, 3.05) is 9.80 Å². The van der Waals surface area contributed by atoms with Gasteiger partial charge in [0.25, 0.3) is 0 Å². The molecule has 0 radical (unpaired) electrons. The first-order valence-electron chi connectivity index (χ1n) is 23.8. The summed E-state index contributed by atoms with van der Waals surface area (Å²) in [5.74, 6) is 0.650. The van der Waals surface area contributed by atoms with Crippen molar-refractivity contribution in [3.63, 3.8) is 0 Å². The van der Waals surface area contributed by atoms with Crippen LogP contribution in [0.5, 0.6) is 0 Å². The lowest BCUT2D eigenvalue weighted by atomic mass is 9.62. The van der Waals surface area contributed by atoms with Crippen LogP contribution in [0.2, 0.25) is 0 Å². The summed E-state index contributed by atoms with van der Waals surface area (Å²) in [6.07, 6.45) is 7.20. The van der Waals surface area contributed by atoms with Crippen LogP contribution in [0.3, 0.4) is 0 Å². The number of hydrogen-bond donors (Lipinski definition) is 0. The topological polar surface area (TPSA) is 58.0 Å². The van der Waals surface area contributed by atoms with E-state index in [1.54, 1.807) is 24.8 Å². The van der Waals surface area contributed by atoms with Crippen LogP contribution >= 0.6 is 0 Å². The van der Waals surface area contributed by atoms with E-state index < -0.39 is 13.5 Å². The van der Waals surface area contributed by atoms with Gasteiger partial charge in [0.2, 0.25) is 0 Å². The van der Waals surface area contributed by atoms with Crippen LogP contribution < -0.4 is 30.5 Å². The van der Waals surface area contributed by atoms with Gasteiger partial charge in [-0.05, 0) is 134 Å². The van der Waals surface area contributed by atoms with Crippen molar-refractivity contribution in [1.29, 1.82) is 0 Å². The Morgan fingerprint density at radius 3 is 1.20 bits per heavy atom. The van der Waals surface area contributed by atoms with Gasteiger partial charge < -0.3 is 9.80 Å². The van der Waals surface area contributed by atoms with Gasteiger partial charge in [-0.1, -0.05) is 140 Å². The summed E-state index contributed by atoms with van der Waals surface area (Å²) in [5, 5.41) is 5.64. The molecule has 0 aliphatic carbocycles. The Morgan fingerprint density at radius 2 is 0.700 bits per heavy atom. The third-order valence-corrected chi connectivity index (χ3v) is 19.7. The minimum atomic E-state index is -3.02. The highest BCUT2D eigenvalue weighted by molar-refractivity contribution is 7.22. The number of rotatable bonds is 5. The summed E-state index contributed by atoms with van der Waals surface area (Å²) in [5.41, 5.74) is 16.1. The maximum Gasteiger partial charge on any atom is 0.184 e. The highest BCUT2D eigenvalue weighted by Crippen LogP contribution is 2.59. The predicted octanol–water partition coefficient (Wildman–Crippen LogP) is 11.9. The molecule has 6 heterocycles. The van der Waals surface area contributed by atoms with E-state index in [2.05, 4.69) is 220 Å². The molecule has 2 spiro atoms. The molecular weight excluding hydrogens is 869 g/mol. The molecule has 3 aromatic heterocycles. The molecule has 0 bridgehead atoms. The van der Waals surface area contributed by atoms with Gasteiger partial charge in [-0.3, -0.25) is 9.97 Å². The number of nitrogens with zero attached hydrogens (tertiary/aromatic N) is 6. The maximum absolute atomic E-state index is 5.13. The van der Waals surface area contributed by atoms with Crippen molar-refractivity contribution in [3.8, 4) is 33.9 Å². The van der Waals surface area contributed by atoms with Crippen molar-refractivity contribution in [2.45, 2.75) is 5.41 Å². The van der Waals surface area contributed by atoms with Gasteiger partial charge in [0.05, 0.1) is 28.2 Å². The van der Waals surface area contributed by atoms with Crippen LogP contribution in [-0.2, 0) is 5.41 Å². The second-order valence-electron chi connectivity index (χ2n) is 18.1. The summed E-state index contributed by atoms with van der Waals surface area (Å²) in [6, 6.07) is 85.0. The van der Waals surface area contributed by atoms with E-state index in [1.807, 2.05) is 30.3 Å². The summed E-state index contributed by atoms with van der Waals surface area (Å²) in [4.78, 5) is 23.7. The molecule has 70 heavy (non-hydrogen) atoms. The van der Waals surface area contributed by atoms with Crippen LogP contribution in [-0.4, -0.2) is 28.0 Å². The fourth-order valence-corrected chi connectivity index (χ4v) is 17.7. The first-order valence-corrected chi connectivity index (χ1v) is 25.8. The Hall–Kier alpha value is -9.04. The minimum absolute atomic E-state index is 0.639. The summed E-state index contributed by atoms with van der Waals surface area (Å²) in [7, 11) is -3.02. The molecule has 6 nitrogen and oxygen atoms in total. The minimum Gasteiger partial charge on any atom is -0.311 e. The van der Waals surface area contributed by atoms with Gasteiger partial charge in [0, 0.05) is 64.2 Å². The monoisotopic (exact) mass is 910 g/mol. The molecule has 3 aliphatic rings. The largest absolute Gasteiger partial charge is 0.311 e. The van der Waals surface area contributed by atoms with E-state index in [1.165, 1.54) is 54.4 Å². The fourth-order valence-electron chi connectivity index (χ4n) is 12.0. The lowest BCUT2D eigenvalue weighted by Crippen LogP contribution is -2.81. The summed E-state index contributed by atoms with van der Waals surface area (Å²) >= 11 is 0. The predicted molar refractivity (Wildman–Crippen MR) is 286 cm³/mol. The van der Waals surface area contributed by atoms with E-state index in [4.69, 9.17) is 9.97 Å². The first-order chi connectivity index (χ1) is 34.7. The third kappa shape index (κ3) is 5.67. The smallest absolute Gasteiger partial charge is 0.184 e. The van der Waals surface area contributed by atoms with E-state index in [0.29, 0.717) is 5.82 Å². The van der Waals surface area contributed by atoms with Crippen LogP contribution in [0.25, 0.3) is 33.9 Å². The Kier molecular flexibility index (Phi) is 9.03. The van der Waals surface area contributed by atoms with Crippen LogP contribution in [0.15, 0.2) is 255 Å². The molecule has 0 N–H and O–H groups in total. The van der Waals surface area contributed by atoms with Gasteiger partial charge in [-0.25, -0.2) is 9.97 Å². The molecule has 8 aromatic carbocycles. The lowest BCUT2D eigenvalue weighted by molar-refractivity contribution is 0.736. The SMILES string of the molecule is c1ccc(N2c3ccccc3[Si]3(c4ccccc42)c2ccccc2C2(c4ccccc4N(c4ccc(-c5nc(-c6ccncc6)cc(-c6ccncc6)n5)cc4)c4ccccc42)c2ccccc23)cc1. The molecule has 3 aliphatic heterocycles. The van der Waals surface area contributed by atoms with E-state index in [0.717, 1.165) is 50.8 Å². The van der Waals surface area contributed by atoms with Gasteiger partial charge in [0.1, 0.15) is 0 Å². The van der Waals surface area contributed by atoms with Crippen LogP contribution in [0.4, 0.5) is 34.1 Å². The van der Waals surface area contributed by atoms with Gasteiger partial charge >= 0.3 is 0 Å². The van der Waals surface area contributed by atoms with Gasteiger partial charge in [-0.2, -0.15) is 0 Å². The molecule has 0 atom stereocenters. The summed E-state index contributed by atoms with van der Waals surface area (Å²) < 4.78 is 0. The zero-order valence-electron chi connectivity index (χ0n) is 37.9. The highest BCUT2D eigenvalue weighted by Gasteiger charge is 2.60. The van der Waals surface area contributed by atoms with Crippen molar-refractivity contribution >= 4 is 62.9 Å². The molecule has 0 fully saturated rings. The Morgan fingerprint density at radius 1 is 0.314 bits per heavy atom. The molecule has 0 saturated heterocycles. The first kappa shape index (κ1) is 40.1. The molecule has 7 heteroatoms. The van der Waals surface area contributed by atoms with Crippen molar-refractivity contribution in [3.05, 3.63) is 278 Å². The van der Waals surface area contributed by atoms with Gasteiger partial charge in [-0.15, -0.1) is 0 Å². The Labute approximate surface area is 407 Å². The molecule has 11 aromatic rings. The zero-order valence-corrected chi connectivity index (χ0v) is 38.9. The molecule has 14 rings (SSSR count). The average molecular weight is 911 g/mol. The normalized spacial score (nSPS) is 14.2. The summed E-state index contributed by atoms with van der Waals surface area (Å²) in [6.45, 7) is 0.